The highest BCUT2D eigenvalue weighted by Crippen LogP contribution is 2.37. The molecule has 0 bridgehead atoms. The number of hydrogen-bond donors (Lipinski definition) is 1. The van der Waals surface area contributed by atoms with Crippen LogP contribution in [0, 0.1) is 23.2 Å². The van der Waals surface area contributed by atoms with Crippen LogP contribution in [-0.2, 0) is 49.0 Å². The topological polar surface area (TPSA) is 183 Å². The lowest BCUT2D eigenvalue weighted by Crippen LogP contribution is -2.56. The van der Waals surface area contributed by atoms with Gasteiger partial charge in [-0.05, 0) is 120 Å². The van der Waals surface area contributed by atoms with E-state index in [4.69, 9.17) is 28.4 Å². The van der Waals surface area contributed by atoms with Gasteiger partial charge in [0, 0.05) is 44.3 Å². The second kappa shape index (κ2) is 28.8. The third-order valence-corrected chi connectivity index (χ3v) is 20.8. The van der Waals surface area contributed by atoms with Crippen LogP contribution in [0.4, 0.5) is 4.79 Å². The highest BCUT2D eigenvalue weighted by atomic mass is 32.2. The van der Waals surface area contributed by atoms with Crippen molar-refractivity contribution in [1.29, 1.82) is 0 Å². The predicted molar refractivity (Wildman–Crippen MR) is 301 cm³/mol. The van der Waals surface area contributed by atoms with Crippen LogP contribution in [-0.4, -0.2) is 152 Å². The molecule has 1 aromatic rings. The van der Waals surface area contributed by atoms with E-state index < -0.39 is 79.9 Å². The quantitative estimate of drug-likeness (QED) is 0.0402. The maximum atomic E-state index is 14.4. The summed E-state index contributed by atoms with van der Waals surface area (Å²) >= 11 is 1.67. The largest absolute Gasteiger partial charge is 0.497 e. The van der Waals surface area contributed by atoms with Gasteiger partial charge >= 0.3 is 18.0 Å². The van der Waals surface area contributed by atoms with E-state index in [-0.39, 0.29) is 41.7 Å². The molecule has 424 valence electrons. The minimum atomic E-state index is -2.12. The molecule has 0 aromatic heterocycles. The average molecular weight is 1090 g/mol. The van der Waals surface area contributed by atoms with Gasteiger partial charge in [0.25, 0.3) is 0 Å². The Morgan fingerprint density at radius 3 is 2.03 bits per heavy atom. The zero-order chi connectivity index (χ0) is 56.7. The fourth-order valence-electron chi connectivity index (χ4n) is 9.66. The molecular formula is C57H95N5O11SSi. The Morgan fingerprint density at radius 1 is 0.880 bits per heavy atom. The fraction of sp³-hybridized carbons (Fsp3) is 0.737. The van der Waals surface area contributed by atoms with E-state index in [0.29, 0.717) is 49.3 Å². The number of likely N-dealkylation sites (N-methyl/N-ethyl adjacent to an activating group) is 2. The van der Waals surface area contributed by atoms with Crippen molar-refractivity contribution in [2.45, 2.75) is 209 Å². The van der Waals surface area contributed by atoms with E-state index in [9.17, 15) is 28.8 Å². The molecule has 2 aliphatic rings. The molecule has 1 aromatic carbocycles. The van der Waals surface area contributed by atoms with E-state index >= 15 is 0 Å². The third-order valence-electron chi connectivity index (χ3n) is 14.9. The lowest BCUT2D eigenvalue weighted by molar-refractivity contribution is -0.161. The lowest BCUT2D eigenvalue weighted by Gasteiger charge is -2.39. The lowest BCUT2D eigenvalue weighted by atomic mass is 9.81. The van der Waals surface area contributed by atoms with Crippen LogP contribution in [0.5, 0.6) is 5.75 Å². The van der Waals surface area contributed by atoms with Crippen molar-refractivity contribution < 1.29 is 52.1 Å². The van der Waals surface area contributed by atoms with E-state index in [1.807, 2.05) is 52.8 Å². The van der Waals surface area contributed by atoms with Crippen LogP contribution < -0.4 is 10.1 Å². The second-order valence-corrected chi connectivity index (χ2v) is 29.2. The summed E-state index contributed by atoms with van der Waals surface area (Å²) in [5.74, 6) is -0.866. The molecule has 1 N–H and O–H groups in total. The summed E-state index contributed by atoms with van der Waals surface area (Å²) in [5.41, 5.74) is 0.120. The van der Waals surface area contributed by atoms with Crippen molar-refractivity contribution in [2.75, 3.05) is 40.6 Å². The van der Waals surface area contributed by atoms with Gasteiger partial charge in [-0.15, -0.1) is 11.8 Å². The van der Waals surface area contributed by atoms with Crippen LogP contribution in [0.3, 0.4) is 0 Å². The third kappa shape index (κ3) is 18.9. The zero-order valence-electron chi connectivity index (χ0n) is 49.1. The Morgan fingerprint density at radius 2 is 1.49 bits per heavy atom. The van der Waals surface area contributed by atoms with Crippen LogP contribution in [0.25, 0.3) is 0 Å². The van der Waals surface area contributed by atoms with Crippen LogP contribution >= 0.6 is 11.8 Å². The molecule has 75 heavy (non-hydrogen) atoms. The number of rotatable bonds is 26. The first-order valence-electron chi connectivity index (χ1n) is 27.3. The van der Waals surface area contributed by atoms with E-state index in [1.165, 1.54) is 35.9 Å². The van der Waals surface area contributed by atoms with Gasteiger partial charge in [-0.3, -0.25) is 24.3 Å². The Bertz CT molecular complexity index is 2130. The number of carbonyl (C=O) groups is 6. The minimum Gasteiger partial charge on any atom is -0.497 e. The Kier molecular flexibility index (Phi) is 24.9. The van der Waals surface area contributed by atoms with Gasteiger partial charge in [0.05, 0.1) is 31.4 Å². The number of nitrogens with zero attached hydrogens (tertiary/aromatic N) is 4. The van der Waals surface area contributed by atoms with E-state index in [0.717, 1.165) is 35.2 Å². The van der Waals surface area contributed by atoms with E-state index in [1.54, 1.807) is 44.9 Å². The van der Waals surface area contributed by atoms with Crippen molar-refractivity contribution in [3.8, 4) is 5.75 Å². The summed E-state index contributed by atoms with van der Waals surface area (Å²) in [5, 5.41) is 3.94. The monoisotopic (exact) mass is 1090 g/mol. The van der Waals surface area contributed by atoms with Gasteiger partial charge in [0.1, 0.15) is 41.6 Å². The molecule has 4 amide bonds. The number of aliphatic imine (C=N–C) groups is 1. The first kappa shape index (κ1) is 64.9. The first-order chi connectivity index (χ1) is 34.9. The molecule has 1 fully saturated rings. The molecule has 18 heteroatoms. The normalized spacial score (nSPS) is 19.2. The molecule has 0 radical (unpaired) electrons. The van der Waals surface area contributed by atoms with Crippen molar-refractivity contribution in [2.24, 2.45) is 28.2 Å². The van der Waals surface area contributed by atoms with Crippen molar-refractivity contribution in [1.82, 2.24) is 20.0 Å². The zero-order valence-corrected chi connectivity index (χ0v) is 50.9. The molecule has 0 aliphatic carbocycles. The Hall–Kier alpha value is -4.42. The van der Waals surface area contributed by atoms with Gasteiger partial charge in [0.2, 0.25) is 17.7 Å². The van der Waals surface area contributed by atoms with Crippen molar-refractivity contribution in [3.63, 3.8) is 0 Å². The maximum absolute atomic E-state index is 14.4. The summed E-state index contributed by atoms with van der Waals surface area (Å²) < 4.78 is 29.7. The van der Waals surface area contributed by atoms with Crippen LogP contribution in [0.1, 0.15) is 142 Å². The smallest absolute Gasteiger partial charge is 0.411 e. The standard InChI is InChI=1S/C57H95N5O11SSi/c1-20-75(21-2,22-3)73-47(31-37(6)32-48(56(10,11)12)71-54(67)45-24-23-29-62(45)55(68)72-57(13,14)15)39(8)50-58-42(35-74-50)33-38(7)49(63)59-44(34-41-25-27-43(69-18)28-26-41)52(65)60(16)40(9)51(64)61(17)46(30-36(4)5)53(66)70-19/h25-28,33,36-37,39-40,42,44-48H,20-24,29-32,34-35H2,1-19H3,(H,59,63)/b38-33+/t37-,39-,40-,42-,44-,45-,46-,47-,48-/m0/s1. The number of likely N-dealkylation sites (tertiary alicyclic amines) is 1. The molecular weight excluding hydrogens is 991 g/mol. The summed E-state index contributed by atoms with van der Waals surface area (Å²) in [6, 6.07) is 6.35. The number of methoxy groups -OCH3 is 2. The number of hydrogen-bond acceptors (Lipinski definition) is 13. The SMILES string of the molecule is CC[Si](CC)(CC)O[C@@H](C[C@H](C)C[C@H](OC(=O)[C@@H]1CCCN1C(=O)OC(C)(C)C)C(C)(C)C)[C@H](C)C1=N[C@@H](/C=C(\C)C(=O)N[C@@H](Cc2ccc(OC)cc2)C(=O)N(C)[C@@H](C)C(=O)N(C)[C@@H](CC(C)C)C(=O)OC)CS1. The predicted octanol–water partition coefficient (Wildman–Crippen LogP) is 9.88. The number of benzene rings is 1. The number of carbonyl (C=O) groups excluding carboxylic acids is 6. The maximum Gasteiger partial charge on any atom is 0.411 e. The average Bonchev–Trinajstić information content (AvgIpc) is 4.05. The molecule has 2 aliphatic heterocycles. The number of amides is 4. The van der Waals surface area contributed by atoms with Gasteiger partial charge < -0.3 is 38.5 Å². The number of esters is 2. The molecule has 9 atom stereocenters. The minimum absolute atomic E-state index is 0.0583. The fourth-order valence-corrected chi connectivity index (χ4v) is 13.7. The summed E-state index contributed by atoms with van der Waals surface area (Å²) in [6.45, 7) is 30.4. The molecule has 2 heterocycles. The number of ether oxygens (including phenoxy) is 4. The van der Waals surface area contributed by atoms with Gasteiger partial charge in [-0.2, -0.15) is 0 Å². The highest BCUT2D eigenvalue weighted by molar-refractivity contribution is 8.14. The second-order valence-electron chi connectivity index (χ2n) is 23.4. The number of thioether (sulfide) groups is 1. The van der Waals surface area contributed by atoms with Crippen molar-refractivity contribution >= 4 is 60.9 Å². The summed E-state index contributed by atoms with van der Waals surface area (Å²) in [4.78, 5) is 91.5. The van der Waals surface area contributed by atoms with Gasteiger partial charge in [0.15, 0.2) is 8.32 Å². The Balaban J connectivity index is 1.87. The van der Waals surface area contributed by atoms with Crippen molar-refractivity contribution in [3.05, 3.63) is 41.5 Å². The van der Waals surface area contributed by atoms with Gasteiger partial charge in [-0.25, -0.2) is 14.4 Å². The molecule has 0 unspecified atom stereocenters. The molecule has 0 saturated carbocycles. The molecule has 16 nitrogen and oxygen atoms in total. The summed E-state index contributed by atoms with van der Waals surface area (Å²) in [7, 11) is 3.81. The molecule has 1 saturated heterocycles. The highest BCUT2D eigenvalue weighted by Gasteiger charge is 2.43. The molecule has 0 spiro atoms. The number of nitrogens with one attached hydrogen (secondary N) is 1. The van der Waals surface area contributed by atoms with Crippen LogP contribution in [0.2, 0.25) is 18.1 Å². The van der Waals surface area contributed by atoms with E-state index in [2.05, 4.69) is 60.7 Å². The Labute approximate surface area is 455 Å². The van der Waals surface area contributed by atoms with Crippen LogP contribution in [0.15, 0.2) is 40.9 Å². The van der Waals surface area contributed by atoms with Gasteiger partial charge in [-0.1, -0.05) is 87.4 Å². The first-order valence-corrected chi connectivity index (χ1v) is 30.8. The summed E-state index contributed by atoms with van der Waals surface area (Å²) in [6.07, 6.45) is 3.86. The molecule has 3 rings (SSSR count).